The Morgan fingerprint density at radius 2 is 1.74 bits per heavy atom. The van der Waals surface area contributed by atoms with Crippen molar-refractivity contribution in [3.8, 4) is 0 Å². The second kappa shape index (κ2) is 8.74. The molecule has 0 atom stereocenters. The van der Waals surface area contributed by atoms with Crippen molar-refractivity contribution in [2.24, 2.45) is 4.99 Å². The van der Waals surface area contributed by atoms with Crippen LogP contribution >= 0.6 is 23.4 Å². The Bertz CT molecular complexity index is 1160. The van der Waals surface area contributed by atoms with Crippen molar-refractivity contribution >= 4 is 40.7 Å². The number of alkyl halides is 3. The summed E-state index contributed by atoms with van der Waals surface area (Å²) >= 11 is 7.53. The molecule has 0 saturated heterocycles. The Labute approximate surface area is 185 Å². The molecule has 0 unspecified atom stereocenters. The Morgan fingerprint density at radius 1 is 1.00 bits per heavy atom. The highest BCUT2D eigenvalue weighted by molar-refractivity contribution is 7.99. The summed E-state index contributed by atoms with van der Waals surface area (Å²) in [5, 5.41) is 0.603. The lowest BCUT2D eigenvalue weighted by Crippen LogP contribution is -2.42. The van der Waals surface area contributed by atoms with Crippen LogP contribution in [0.5, 0.6) is 0 Å². The number of amides is 1. The van der Waals surface area contributed by atoms with E-state index in [0.29, 0.717) is 16.4 Å². The molecular formula is C22H15ClF3N3OS. The van der Waals surface area contributed by atoms with E-state index in [4.69, 9.17) is 16.6 Å². The second-order valence-corrected chi connectivity index (χ2v) is 8.19. The van der Waals surface area contributed by atoms with Gasteiger partial charge in [-0.3, -0.25) is 10.2 Å². The summed E-state index contributed by atoms with van der Waals surface area (Å²) in [6.07, 6.45) is -4.43. The first-order valence-corrected chi connectivity index (χ1v) is 10.4. The summed E-state index contributed by atoms with van der Waals surface area (Å²) in [4.78, 5) is 18.9. The summed E-state index contributed by atoms with van der Waals surface area (Å²) in [7, 11) is 0. The molecule has 1 aliphatic heterocycles. The number of nitrogens with one attached hydrogen (secondary N) is 2. The summed E-state index contributed by atoms with van der Waals surface area (Å²) in [6, 6.07) is 20.0. The molecule has 1 amide bonds. The van der Waals surface area contributed by atoms with Gasteiger partial charge in [0, 0.05) is 31.5 Å². The lowest BCUT2D eigenvalue weighted by Gasteiger charge is -2.10. The zero-order chi connectivity index (χ0) is 22.0. The maximum Gasteiger partial charge on any atom is 0.402 e. The summed E-state index contributed by atoms with van der Waals surface area (Å²) in [5.74, 6) is -0.679. The van der Waals surface area contributed by atoms with Gasteiger partial charge in [-0.15, -0.1) is 0 Å². The number of halogens is 4. The van der Waals surface area contributed by atoms with Gasteiger partial charge < -0.3 is 0 Å². The van der Waals surface area contributed by atoms with Gasteiger partial charge in [0.15, 0.2) is 0 Å². The van der Waals surface area contributed by atoms with Crippen molar-refractivity contribution in [2.75, 3.05) is 6.54 Å². The van der Waals surface area contributed by atoms with Gasteiger partial charge in [-0.25, -0.2) is 10.4 Å². The van der Waals surface area contributed by atoms with E-state index in [1.807, 2.05) is 41.8 Å². The highest BCUT2D eigenvalue weighted by atomic mass is 35.5. The maximum absolute atomic E-state index is 12.3. The largest absolute Gasteiger partial charge is 0.402 e. The minimum Gasteiger partial charge on any atom is -0.287 e. The Morgan fingerprint density at radius 3 is 2.48 bits per heavy atom. The number of aliphatic imine (C=N–C) groups is 1. The quantitative estimate of drug-likeness (QED) is 0.379. The molecule has 4 nitrogen and oxygen atoms in total. The standard InChI is InChI=1S/C22H15ClF3N3OS/c23-15-8-5-13(6-9-15)20-16-3-1-2-4-18(16)31-19-10-7-14(11-17(19)28-20)21(30)29-27-12-22(24,25)26/h1-11,27H,12H2,(H,29,30). The molecule has 3 aromatic rings. The number of hydrogen-bond acceptors (Lipinski definition) is 4. The van der Waals surface area contributed by atoms with Crippen molar-refractivity contribution in [1.82, 2.24) is 10.9 Å². The van der Waals surface area contributed by atoms with Crippen LogP contribution in [0.1, 0.15) is 21.5 Å². The molecular weight excluding hydrogens is 447 g/mol. The first-order chi connectivity index (χ1) is 14.8. The van der Waals surface area contributed by atoms with Crippen molar-refractivity contribution in [2.45, 2.75) is 16.0 Å². The van der Waals surface area contributed by atoms with E-state index in [1.165, 1.54) is 11.8 Å². The molecule has 158 valence electrons. The molecule has 0 radical (unpaired) electrons. The maximum atomic E-state index is 12.3. The molecule has 31 heavy (non-hydrogen) atoms. The molecule has 0 aromatic heterocycles. The third kappa shape index (κ3) is 5.10. The lowest BCUT2D eigenvalue weighted by molar-refractivity contribution is -0.126. The number of carbonyl (C=O) groups excluding carboxylic acids is 1. The Kier molecular flexibility index (Phi) is 6.04. The normalized spacial score (nSPS) is 13.0. The van der Waals surface area contributed by atoms with Gasteiger partial charge in [-0.1, -0.05) is 53.7 Å². The summed E-state index contributed by atoms with van der Waals surface area (Å²) in [5.41, 5.74) is 7.20. The number of carbonyl (C=O) groups is 1. The Hall–Kier alpha value is -2.81. The minimum absolute atomic E-state index is 0.194. The van der Waals surface area contributed by atoms with Crippen LogP contribution in [-0.4, -0.2) is 24.3 Å². The van der Waals surface area contributed by atoms with Crippen LogP contribution in [0.3, 0.4) is 0 Å². The van der Waals surface area contributed by atoms with Gasteiger partial charge in [0.2, 0.25) is 0 Å². The van der Waals surface area contributed by atoms with Crippen LogP contribution in [0.15, 0.2) is 81.5 Å². The predicted octanol–water partition coefficient (Wildman–Crippen LogP) is 5.77. The van der Waals surface area contributed by atoms with Crippen molar-refractivity contribution in [3.63, 3.8) is 0 Å². The van der Waals surface area contributed by atoms with E-state index < -0.39 is 18.6 Å². The van der Waals surface area contributed by atoms with E-state index in [-0.39, 0.29) is 5.56 Å². The summed E-state index contributed by atoms with van der Waals surface area (Å²) < 4.78 is 36.9. The number of nitrogens with zero attached hydrogens (tertiary/aromatic N) is 1. The molecule has 3 aromatic carbocycles. The fourth-order valence-electron chi connectivity index (χ4n) is 3.01. The van der Waals surface area contributed by atoms with Crippen LogP contribution in [0.25, 0.3) is 0 Å². The first kappa shape index (κ1) is 21.4. The molecule has 0 saturated carbocycles. The van der Waals surface area contributed by atoms with Gasteiger partial charge in [-0.2, -0.15) is 13.2 Å². The third-order valence-electron chi connectivity index (χ3n) is 4.42. The molecule has 0 fully saturated rings. The molecule has 1 aliphatic rings. The van der Waals surface area contributed by atoms with Crippen LogP contribution in [-0.2, 0) is 0 Å². The van der Waals surface area contributed by atoms with Gasteiger partial charge >= 0.3 is 6.18 Å². The highest BCUT2D eigenvalue weighted by Gasteiger charge is 2.27. The van der Waals surface area contributed by atoms with E-state index >= 15 is 0 Å². The number of fused-ring (bicyclic) bond motifs is 2. The van der Waals surface area contributed by atoms with Crippen LogP contribution in [0.2, 0.25) is 5.02 Å². The van der Waals surface area contributed by atoms with Crippen molar-refractivity contribution in [1.29, 1.82) is 0 Å². The number of benzene rings is 3. The molecule has 1 heterocycles. The predicted molar refractivity (Wildman–Crippen MR) is 115 cm³/mol. The fraction of sp³-hybridized carbons (Fsp3) is 0.0909. The SMILES string of the molecule is O=C(NNCC(F)(F)F)c1ccc2c(c1)N=C(c1ccc(Cl)cc1)c1ccccc1S2. The average Bonchev–Trinajstić information content (AvgIpc) is 2.89. The summed E-state index contributed by atoms with van der Waals surface area (Å²) in [6.45, 7) is -1.33. The van der Waals surface area contributed by atoms with Gasteiger partial charge in [0.05, 0.1) is 11.4 Å². The minimum atomic E-state index is -4.43. The van der Waals surface area contributed by atoms with E-state index in [0.717, 1.165) is 20.9 Å². The van der Waals surface area contributed by atoms with Crippen molar-refractivity contribution < 1.29 is 18.0 Å². The van der Waals surface area contributed by atoms with Gasteiger partial charge in [0.25, 0.3) is 5.91 Å². The number of rotatable bonds is 4. The van der Waals surface area contributed by atoms with Gasteiger partial charge in [0.1, 0.15) is 6.54 Å². The molecule has 0 spiro atoms. The highest BCUT2D eigenvalue weighted by Crippen LogP contribution is 2.41. The number of hydrogen-bond donors (Lipinski definition) is 2. The third-order valence-corrected chi connectivity index (χ3v) is 5.82. The Balaban J connectivity index is 1.71. The molecule has 0 bridgehead atoms. The second-order valence-electron chi connectivity index (χ2n) is 6.67. The molecule has 9 heteroatoms. The monoisotopic (exact) mass is 461 g/mol. The lowest BCUT2D eigenvalue weighted by atomic mass is 10.0. The smallest absolute Gasteiger partial charge is 0.287 e. The first-order valence-electron chi connectivity index (χ1n) is 9.16. The van der Waals surface area contributed by atoms with E-state index in [2.05, 4.69) is 5.43 Å². The molecule has 4 rings (SSSR count). The van der Waals surface area contributed by atoms with Crippen LogP contribution in [0.4, 0.5) is 18.9 Å². The van der Waals surface area contributed by atoms with Crippen molar-refractivity contribution in [3.05, 3.63) is 88.4 Å². The molecule has 2 N–H and O–H groups in total. The average molecular weight is 462 g/mol. The fourth-order valence-corrected chi connectivity index (χ4v) is 4.14. The molecule has 0 aliphatic carbocycles. The van der Waals surface area contributed by atoms with E-state index in [9.17, 15) is 18.0 Å². The topological polar surface area (TPSA) is 53.5 Å². The number of hydrazine groups is 1. The van der Waals surface area contributed by atoms with E-state index in [1.54, 1.807) is 30.3 Å². The zero-order valence-corrected chi connectivity index (χ0v) is 17.4. The van der Waals surface area contributed by atoms with Crippen LogP contribution < -0.4 is 10.9 Å². The zero-order valence-electron chi connectivity index (χ0n) is 15.8. The van der Waals surface area contributed by atoms with Crippen LogP contribution in [0, 0.1) is 0 Å². The van der Waals surface area contributed by atoms with Gasteiger partial charge in [-0.05, 0) is 36.4 Å².